The summed E-state index contributed by atoms with van der Waals surface area (Å²) in [7, 11) is 3.87. The summed E-state index contributed by atoms with van der Waals surface area (Å²) in [4.78, 5) is 56.7. The van der Waals surface area contributed by atoms with Crippen LogP contribution in [-0.4, -0.2) is 47.5 Å². The van der Waals surface area contributed by atoms with E-state index in [4.69, 9.17) is 0 Å². The third kappa shape index (κ3) is 9.15. The smallest absolute Gasteiger partial charge is 0.272 e. The molecule has 0 atom stereocenters. The normalized spacial score (nSPS) is 11.0. The van der Waals surface area contributed by atoms with E-state index in [1.807, 2.05) is 49.3 Å². The third-order valence-corrected chi connectivity index (χ3v) is 8.60. The number of amides is 3. The van der Waals surface area contributed by atoms with Crippen LogP contribution >= 0.6 is 23.1 Å². The molecule has 11 nitrogen and oxygen atoms in total. The van der Waals surface area contributed by atoms with E-state index in [-0.39, 0.29) is 23.0 Å². The van der Waals surface area contributed by atoms with Gasteiger partial charge in [-0.05, 0) is 60.2 Å². The van der Waals surface area contributed by atoms with Crippen molar-refractivity contribution in [1.82, 2.24) is 10.3 Å². The molecule has 13 heteroatoms. The van der Waals surface area contributed by atoms with Crippen LogP contribution in [0.25, 0.3) is 17.3 Å². The molecule has 5 aromatic rings. The van der Waals surface area contributed by atoms with Crippen LogP contribution in [0.5, 0.6) is 0 Å². The molecule has 5 rings (SSSR count). The predicted octanol–water partition coefficient (Wildman–Crippen LogP) is 6.92. The van der Waals surface area contributed by atoms with E-state index in [9.17, 15) is 24.5 Å². The van der Waals surface area contributed by atoms with Crippen molar-refractivity contribution < 1.29 is 19.3 Å². The number of rotatable bonds is 12. The van der Waals surface area contributed by atoms with Crippen molar-refractivity contribution in [2.45, 2.75) is 4.90 Å². The second kappa shape index (κ2) is 15.7. The molecule has 0 aliphatic heterocycles. The standard InChI is InChI=1S/C35H30N6O5S2/c1-40(2)27-15-11-23(12-16-27)19-30(37-33(43)24-7-4-3-5-8-24)34(44)36-26-13-17-29(18-14-26)47-22-32(42)39-35-38-31(21-48-35)25-9-6-10-28(20-25)41(45)46/h3-21H,22H2,1-2H3,(H,36,44)(H,37,43)(H,38,39,42)/b30-19-. The first-order chi connectivity index (χ1) is 23.1. The minimum atomic E-state index is -0.497. The number of nitro benzene ring substituents is 1. The van der Waals surface area contributed by atoms with Crippen LogP contribution in [0.2, 0.25) is 0 Å². The number of hydrogen-bond acceptors (Lipinski definition) is 9. The minimum Gasteiger partial charge on any atom is -0.378 e. The van der Waals surface area contributed by atoms with Crippen molar-refractivity contribution in [3.8, 4) is 11.3 Å². The SMILES string of the molecule is CN(C)c1ccc(/C=C(\NC(=O)c2ccccc2)C(=O)Nc2ccc(SCC(=O)Nc3nc(-c4cccc([N+](=O)[O-])c4)cs3)cc2)cc1. The average molecular weight is 679 g/mol. The molecule has 0 fully saturated rings. The topological polar surface area (TPSA) is 147 Å². The molecule has 0 radical (unpaired) electrons. The number of carbonyl (C=O) groups is 3. The van der Waals surface area contributed by atoms with Gasteiger partial charge in [0.25, 0.3) is 17.5 Å². The zero-order chi connectivity index (χ0) is 34.0. The Kier molecular flexibility index (Phi) is 11.0. The second-order valence-corrected chi connectivity index (χ2v) is 12.4. The maximum absolute atomic E-state index is 13.4. The lowest BCUT2D eigenvalue weighted by atomic mass is 10.1. The Labute approximate surface area is 284 Å². The van der Waals surface area contributed by atoms with Crippen molar-refractivity contribution in [3.63, 3.8) is 0 Å². The molecule has 0 aliphatic rings. The van der Waals surface area contributed by atoms with Crippen molar-refractivity contribution >= 4 is 69.1 Å². The fraction of sp³-hybridized carbons (Fsp3) is 0.0857. The predicted molar refractivity (Wildman–Crippen MR) is 191 cm³/mol. The first kappa shape index (κ1) is 33.6. The van der Waals surface area contributed by atoms with Gasteiger partial charge in [-0.25, -0.2) is 4.98 Å². The van der Waals surface area contributed by atoms with Crippen molar-refractivity contribution in [2.75, 3.05) is 35.4 Å². The maximum Gasteiger partial charge on any atom is 0.272 e. The fourth-order valence-corrected chi connectivity index (χ4v) is 5.79. The van der Waals surface area contributed by atoms with Crippen LogP contribution in [-0.2, 0) is 9.59 Å². The Hall–Kier alpha value is -5.79. The molecular formula is C35H30N6O5S2. The van der Waals surface area contributed by atoms with E-state index in [0.29, 0.717) is 27.6 Å². The zero-order valence-electron chi connectivity index (χ0n) is 25.9. The Bertz CT molecular complexity index is 1960. The van der Waals surface area contributed by atoms with Gasteiger partial charge in [-0.15, -0.1) is 23.1 Å². The summed E-state index contributed by atoms with van der Waals surface area (Å²) in [5.41, 5.74) is 3.82. The van der Waals surface area contributed by atoms with Crippen LogP contribution < -0.4 is 20.9 Å². The number of anilines is 3. The highest BCUT2D eigenvalue weighted by molar-refractivity contribution is 8.00. The molecule has 0 aliphatic carbocycles. The summed E-state index contributed by atoms with van der Waals surface area (Å²) in [5.74, 6) is -1.06. The maximum atomic E-state index is 13.4. The second-order valence-electron chi connectivity index (χ2n) is 10.5. The number of aromatic nitrogens is 1. The highest BCUT2D eigenvalue weighted by Gasteiger charge is 2.16. The van der Waals surface area contributed by atoms with Gasteiger partial charge in [0, 0.05) is 59.0 Å². The van der Waals surface area contributed by atoms with Gasteiger partial charge in [-0.1, -0.05) is 42.5 Å². The van der Waals surface area contributed by atoms with Gasteiger partial charge < -0.3 is 20.9 Å². The lowest BCUT2D eigenvalue weighted by Crippen LogP contribution is -2.30. The number of nitrogens with zero attached hydrogens (tertiary/aromatic N) is 3. The highest BCUT2D eigenvalue weighted by atomic mass is 32.2. The van der Waals surface area contributed by atoms with Crippen LogP contribution in [0.1, 0.15) is 15.9 Å². The average Bonchev–Trinajstić information content (AvgIpc) is 3.56. The number of nitro groups is 1. The molecule has 0 saturated heterocycles. The van der Waals surface area contributed by atoms with Gasteiger partial charge in [0.1, 0.15) is 5.70 Å². The number of carbonyl (C=O) groups excluding carboxylic acids is 3. The van der Waals surface area contributed by atoms with Gasteiger partial charge in [0.2, 0.25) is 5.91 Å². The van der Waals surface area contributed by atoms with Crippen molar-refractivity contribution in [3.05, 3.63) is 135 Å². The summed E-state index contributed by atoms with van der Waals surface area (Å²) >= 11 is 2.53. The van der Waals surface area contributed by atoms with Crippen molar-refractivity contribution in [1.29, 1.82) is 0 Å². The number of nitrogens with one attached hydrogen (secondary N) is 3. The van der Waals surface area contributed by atoms with Gasteiger partial charge in [0.15, 0.2) is 5.13 Å². The molecule has 3 amide bonds. The van der Waals surface area contributed by atoms with Crippen molar-refractivity contribution in [2.24, 2.45) is 0 Å². The number of thioether (sulfide) groups is 1. The Morgan fingerprint density at radius 1 is 0.917 bits per heavy atom. The number of thiazole rings is 1. The first-order valence-corrected chi connectivity index (χ1v) is 16.4. The van der Waals surface area contributed by atoms with E-state index in [1.54, 1.807) is 72.1 Å². The molecule has 1 aromatic heterocycles. The number of non-ortho nitro benzene ring substituents is 1. The molecule has 3 N–H and O–H groups in total. The molecule has 242 valence electrons. The lowest BCUT2D eigenvalue weighted by Gasteiger charge is -2.13. The minimum absolute atomic E-state index is 0.0363. The Balaban J connectivity index is 1.19. The van der Waals surface area contributed by atoms with E-state index in [1.165, 1.54) is 35.2 Å². The van der Waals surface area contributed by atoms with Crippen LogP contribution in [0.3, 0.4) is 0 Å². The summed E-state index contributed by atoms with van der Waals surface area (Å²) in [5, 5.41) is 21.5. The summed E-state index contributed by atoms with van der Waals surface area (Å²) < 4.78 is 0. The first-order valence-electron chi connectivity index (χ1n) is 14.5. The van der Waals surface area contributed by atoms with E-state index in [2.05, 4.69) is 20.9 Å². The number of benzene rings is 4. The monoisotopic (exact) mass is 678 g/mol. The van der Waals surface area contributed by atoms with Gasteiger partial charge >= 0.3 is 0 Å². The molecule has 0 saturated carbocycles. The fourth-order valence-electron chi connectivity index (χ4n) is 4.36. The van der Waals surface area contributed by atoms with E-state index >= 15 is 0 Å². The molecule has 48 heavy (non-hydrogen) atoms. The molecule has 4 aromatic carbocycles. The van der Waals surface area contributed by atoms with Gasteiger partial charge in [-0.2, -0.15) is 0 Å². The quantitative estimate of drug-likeness (QED) is 0.0558. The highest BCUT2D eigenvalue weighted by Crippen LogP contribution is 2.28. The largest absolute Gasteiger partial charge is 0.378 e. The van der Waals surface area contributed by atoms with Gasteiger partial charge in [-0.3, -0.25) is 24.5 Å². The van der Waals surface area contributed by atoms with Crippen LogP contribution in [0.4, 0.5) is 22.2 Å². The summed E-state index contributed by atoms with van der Waals surface area (Å²) in [6.45, 7) is 0. The Morgan fingerprint density at radius 2 is 1.65 bits per heavy atom. The summed E-state index contributed by atoms with van der Waals surface area (Å²) in [6.07, 6.45) is 1.62. The van der Waals surface area contributed by atoms with E-state index < -0.39 is 16.7 Å². The van der Waals surface area contributed by atoms with E-state index in [0.717, 1.165) is 16.1 Å². The van der Waals surface area contributed by atoms with Crippen LogP contribution in [0, 0.1) is 10.1 Å². The Morgan fingerprint density at radius 3 is 2.33 bits per heavy atom. The number of hydrogen-bond donors (Lipinski definition) is 3. The molecule has 1 heterocycles. The molecular weight excluding hydrogens is 649 g/mol. The van der Waals surface area contributed by atoms with Crippen LogP contribution in [0.15, 0.2) is 119 Å². The molecule has 0 spiro atoms. The lowest BCUT2D eigenvalue weighted by molar-refractivity contribution is -0.384. The zero-order valence-corrected chi connectivity index (χ0v) is 27.5. The summed E-state index contributed by atoms with van der Waals surface area (Å²) in [6, 6.07) is 29.4. The molecule has 0 bridgehead atoms. The molecule has 0 unspecified atom stereocenters. The third-order valence-electron chi connectivity index (χ3n) is 6.83. The van der Waals surface area contributed by atoms with Gasteiger partial charge in [0.05, 0.1) is 16.4 Å².